The molecule has 1 amide bonds. The van der Waals surface area contributed by atoms with E-state index in [2.05, 4.69) is 17.6 Å². The van der Waals surface area contributed by atoms with E-state index < -0.39 is 5.54 Å². The number of aliphatic hydroxyl groups excluding tert-OH is 1. The Kier molecular flexibility index (Phi) is 4.78. The monoisotopic (exact) mass is 276 g/mol. The Labute approximate surface area is 120 Å². The molecule has 1 aliphatic rings. The predicted molar refractivity (Wildman–Crippen MR) is 79.2 cm³/mol. The summed E-state index contributed by atoms with van der Waals surface area (Å²) in [6.07, 6.45) is 2.17. The normalized spacial score (nSPS) is 25.8. The van der Waals surface area contributed by atoms with E-state index in [1.165, 1.54) is 0 Å². The molecule has 1 fully saturated rings. The van der Waals surface area contributed by atoms with Gasteiger partial charge in [0.05, 0.1) is 18.2 Å². The number of nitrogens with one attached hydrogen (secondary N) is 2. The molecule has 0 spiro atoms. The van der Waals surface area contributed by atoms with Crippen molar-refractivity contribution >= 4 is 5.91 Å². The second-order valence-corrected chi connectivity index (χ2v) is 5.90. The molecule has 1 aromatic carbocycles. The van der Waals surface area contributed by atoms with E-state index in [0.717, 1.165) is 24.9 Å². The Bertz CT molecular complexity index is 449. The smallest absolute Gasteiger partial charge is 0.238 e. The lowest BCUT2D eigenvalue weighted by Crippen LogP contribution is -2.56. The Balaban J connectivity index is 2.11. The Morgan fingerprint density at radius 3 is 2.75 bits per heavy atom. The Morgan fingerprint density at radius 2 is 2.15 bits per heavy atom. The van der Waals surface area contributed by atoms with Crippen LogP contribution in [0.5, 0.6) is 0 Å². The quantitative estimate of drug-likeness (QED) is 0.779. The number of carbonyl (C=O) groups excluding carboxylic acids is 1. The topological polar surface area (TPSA) is 61.4 Å². The van der Waals surface area contributed by atoms with Gasteiger partial charge < -0.3 is 15.7 Å². The van der Waals surface area contributed by atoms with Gasteiger partial charge in [-0.1, -0.05) is 37.3 Å². The summed E-state index contributed by atoms with van der Waals surface area (Å²) in [6.45, 7) is 4.70. The second kappa shape index (κ2) is 6.37. The minimum Gasteiger partial charge on any atom is -0.394 e. The molecule has 0 bridgehead atoms. The first kappa shape index (κ1) is 15.0. The molecule has 1 heterocycles. The maximum Gasteiger partial charge on any atom is 0.238 e. The second-order valence-electron chi connectivity index (χ2n) is 5.90. The summed E-state index contributed by atoms with van der Waals surface area (Å²) in [6, 6.07) is 9.43. The van der Waals surface area contributed by atoms with E-state index in [1.807, 2.05) is 37.3 Å². The number of rotatable bonds is 4. The highest BCUT2D eigenvalue weighted by atomic mass is 16.3. The van der Waals surface area contributed by atoms with Gasteiger partial charge in [0.2, 0.25) is 5.91 Å². The fourth-order valence-electron chi connectivity index (χ4n) is 2.76. The lowest BCUT2D eigenvalue weighted by Gasteiger charge is -2.35. The van der Waals surface area contributed by atoms with E-state index in [0.29, 0.717) is 5.92 Å². The van der Waals surface area contributed by atoms with Crippen LogP contribution in [0.25, 0.3) is 0 Å². The molecule has 3 unspecified atom stereocenters. The fraction of sp³-hybridized carbons (Fsp3) is 0.562. The third-order valence-electron chi connectivity index (χ3n) is 4.18. The average Bonchev–Trinajstić information content (AvgIpc) is 2.48. The fourth-order valence-corrected chi connectivity index (χ4v) is 2.76. The molecular weight excluding hydrogens is 252 g/mol. The number of amides is 1. The van der Waals surface area contributed by atoms with Gasteiger partial charge in [-0.25, -0.2) is 0 Å². The molecule has 1 aromatic rings. The Morgan fingerprint density at radius 1 is 1.45 bits per heavy atom. The third kappa shape index (κ3) is 3.19. The minimum atomic E-state index is -0.739. The van der Waals surface area contributed by atoms with Crippen molar-refractivity contribution in [2.24, 2.45) is 5.92 Å². The summed E-state index contributed by atoms with van der Waals surface area (Å²) in [5.41, 5.74) is 0.177. The van der Waals surface area contributed by atoms with Crippen molar-refractivity contribution in [2.75, 3.05) is 13.2 Å². The van der Waals surface area contributed by atoms with Crippen LogP contribution in [0.1, 0.15) is 32.3 Å². The largest absolute Gasteiger partial charge is 0.394 e. The highest BCUT2D eigenvalue weighted by molar-refractivity contribution is 5.83. The first-order valence-corrected chi connectivity index (χ1v) is 7.28. The van der Waals surface area contributed by atoms with Gasteiger partial charge in [-0.3, -0.25) is 4.79 Å². The average molecular weight is 276 g/mol. The molecule has 0 radical (unpaired) electrons. The third-order valence-corrected chi connectivity index (χ3v) is 4.18. The molecule has 4 heteroatoms. The Hall–Kier alpha value is -1.39. The van der Waals surface area contributed by atoms with Crippen LogP contribution in [0.4, 0.5) is 0 Å². The molecule has 0 aromatic heterocycles. The summed E-state index contributed by atoms with van der Waals surface area (Å²) < 4.78 is 0. The number of piperidine rings is 1. The van der Waals surface area contributed by atoms with E-state index >= 15 is 0 Å². The van der Waals surface area contributed by atoms with Crippen molar-refractivity contribution in [2.45, 2.75) is 38.3 Å². The van der Waals surface area contributed by atoms with Crippen LogP contribution in [0.2, 0.25) is 0 Å². The lowest BCUT2D eigenvalue weighted by molar-refractivity contribution is -0.127. The van der Waals surface area contributed by atoms with Crippen LogP contribution in [0.3, 0.4) is 0 Å². The molecule has 2 rings (SSSR count). The predicted octanol–water partition coefficient (Wildman–Crippen LogP) is 1.40. The van der Waals surface area contributed by atoms with Gasteiger partial charge in [0.25, 0.3) is 0 Å². The molecule has 0 saturated carbocycles. The van der Waals surface area contributed by atoms with Crippen LogP contribution in [0, 0.1) is 5.92 Å². The van der Waals surface area contributed by atoms with Crippen LogP contribution < -0.4 is 10.6 Å². The highest BCUT2D eigenvalue weighted by Gasteiger charge is 2.33. The van der Waals surface area contributed by atoms with Crippen molar-refractivity contribution in [3.05, 3.63) is 35.9 Å². The first-order valence-electron chi connectivity index (χ1n) is 7.28. The molecule has 1 aliphatic heterocycles. The van der Waals surface area contributed by atoms with Gasteiger partial charge in [0, 0.05) is 0 Å². The van der Waals surface area contributed by atoms with Gasteiger partial charge in [-0.05, 0) is 37.8 Å². The summed E-state index contributed by atoms with van der Waals surface area (Å²) in [7, 11) is 0. The zero-order chi connectivity index (χ0) is 14.6. The summed E-state index contributed by atoms with van der Waals surface area (Å²) >= 11 is 0. The summed E-state index contributed by atoms with van der Waals surface area (Å²) in [4.78, 5) is 12.5. The van der Waals surface area contributed by atoms with Crippen LogP contribution >= 0.6 is 0 Å². The van der Waals surface area contributed by atoms with Crippen molar-refractivity contribution in [3.8, 4) is 0 Å². The van der Waals surface area contributed by atoms with Crippen molar-refractivity contribution in [1.29, 1.82) is 0 Å². The number of aliphatic hydroxyl groups is 1. The maximum atomic E-state index is 12.5. The first-order chi connectivity index (χ1) is 9.57. The number of hydrogen-bond acceptors (Lipinski definition) is 3. The zero-order valence-corrected chi connectivity index (χ0v) is 12.2. The van der Waals surface area contributed by atoms with Crippen molar-refractivity contribution in [1.82, 2.24) is 10.6 Å². The number of hydrogen-bond donors (Lipinski definition) is 3. The highest BCUT2D eigenvalue weighted by Crippen LogP contribution is 2.22. The standard InChI is InChI=1S/C16H24N2O2/c1-12-7-6-10-17-14(12)15(20)18-16(2,11-19)13-8-4-3-5-9-13/h3-5,8-9,12,14,17,19H,6-7,10-11H2,1-2H3,(H,18,20). The molecule has 4 nitrogen and oxygen atoms in total. The van der Waals surface area contributed by atoms with Gasteiger partial charge >= 0.3 is 0 Å². The van der Waals surface area contributed by atoms with Crippen molar-refractivity contribution in [3.63, 3.8) is 0 Å². The lowest BCUT2D eigenvalue weighted by atomic mass is 9.89. The van der Waals surface area contributed by atoms with Gasteiger partial charge in [-0.2, -0.15) is 0 Å². The van der Waals surface area contributed by atoms with Crippen LogP contribution in [0.15, 0.2) is 30.3 Å². The molecular formula is C16H24N2O2. The van der Waals surface area contributed by atoms with Gasteiger partial charge in [-0.15, -0.1) is 0 Å². The van der Waals surface area contributed by atoms with Gasteiger partial charge in [0.15, 0.2) is 0 Å². The minimum absolute atomic E-state index is 0.0300. The van der Waals surface area contributed by atoms with Crippen LogP contribution in [-0.2, 0) is 10.3 Å². The van der Waals surface area contributed by atoms with E-state index in [-0.39, 0.29) is 18.6 Å². The number of carbonyl (C=O) groups is 1. The van der Waals surface area contributed by atoms with Crippen molar-refractivity contribution < 1.29 is 9.90 Å². The van der Waals surface area contributed by atoms with E-state index in [4.69, 9.17) is 0 Å². The zero-order valence-electron chi connectivity index (χ0n) is 12.2. The van der Waals surface area contributed by atoms with Crippen LogP contribution in [-0.4, -0.2) is 30.2 Å². The summed E-state index contributed by atoms with van der Waals surface area (Å²) in [5.74, 6) is 0.292. The molecule has 20 heavy (non-hydrogen) atoms. The van der Waals surface area contributed by atoms with E-state index in [9.17, 15) is 9.90 Å². The maximum absolute atomic E-state index is 12.5. The molecule has 110 valence electrons. The molecule has 1 saturated heterocycles. The molecule has 0 aliphatic carbocycles. The van der Waals surface area contributed by atoms with Gasteiger partial charge in [0.1, 0.15) is 0 Å². The summed E-state index contributed by atoms with van der Waals surface area (Å²) in [5, 5.41) is 16.0. The van der Waals surface area contributed by atoms with E-state index in [1.54, 1.807) is 0 Å². The number of benzene rings is 1. The molecule has 3 N–H and O–H groups in total. The SMILES string of the molecule is CC1CCCNC1C(=O)NC(C)(CO)c1ccccc1. The molecule has 3 atom stereocenters.